The molecule has 52 heavy (non-hydrogen) atoms. The van der Waals surface area contributed by atoms with Gasteiger partial charge in [-0.15, -0.1) is 5.10 Å². The van der Waals surface area contributed by atoms with Crippen LogP contribution in [0, 0.1) is 0 Å². The van der Waals surface area contributed by atoms with Crippen LogP contribution in [-0.4, -0.2) is 24.1 Å². The first kappa shape index (κ1) is 27.7. The molecule has 0 radical (unpaired) electrons. The molecule has 0 fully saturated rings. The molecule has 0 saturated heterocycles. The number of benzene rings is 8. The number of para-hydroxylation sites is 2. The van der Waals surface area contributed by atoms with E-state index in [-0.39, 0.29) is 0 Å². The summed E-state index contributed by atoms with van der Waals surface area (Å²) in [7, 11) is 0. The van der Waals surface area contributed by atoms with Gasteiger partial charge in [-0.05, 0) is 80.2 Å². The maximum Gasteiger partial charge on any atom is 0.253 e. The second-order valence-corrected chi connectivity index (χ2v) is 13.6. The number of fused-ring (bicyclic) bond motifs is 7. The monoisotopic (exact) mass is 661 g/mol. The second-order valence-electron chi connectivity index (χ2n) is 13.6. The van der Waals surface area contributed by atoms with Crippen LogP contribution in [0.1, 0.15) is 0 Å². The van der Waals surface area contributed by atoms with E-state index >= 15 is 0 Å². The van der Waals surface area contributed by atoms with Crippen LogP contribution < -0.4 is 0 Å². The normalized spacial score (nSPS) is 12.2. The largest absolute Gasteiger partial charge is 0.308 e. The fraction of sp³-hybridized carbons (Fsp3) is 0. The van der Waals surface area contributed by atoms with E-state index in [4.69, 9.17) is 15.1 Å². The molecule has 0 aliphatic heterocycles. The lowest BCUT2D eigenvalue weighted by Crippen LogP contribution is -1.99. The summed E-state index contributed by atoms with van der Waals surface area (Å²) in [5.41, 5.74) is 12.3. The van der Waals surface area contributed by atoms with Crippen molar-refractivity contribution in [2.75, 3.05) is 0 Å². The zero-order chi connectivity index (χ0) is 33.9. The lowest BCUT2D eigenvalue weighted by Gasteiger charge is -2.15. The SMILES string of the molecule is c1ccc2c(c1)-c1cccc3ccc4c(c13)c1c-2cccc1n4-c1ccccc1-c1nc2nc(-c3ccc4ccccc4c3)c3ccccc3n2n1. The summed E-state index contributed by atoms with van der Waals surface area (Å²) in [6.45, 7) is 0. The highest BCUT2D eigenvalue weighted by molar-refractivity contribution is 6.30. The molecule has 0 unspecified atom stereocenters. The fourth-order valence-electron chi connectivity index (χ4n) is 8.67. The van der Waals surface area contributed by atoms with Crippen LogP contribution in [0.3, 0.4) is 0 Å². The zero-order valence-electron chi connectivity index (χ0n) is 27.8. The standard InChI is InChI=1S/C47H27N5/c1-2-12-30-27-31(24-23-28(30)11-1)45-36-16-5-8-21-39(36)52-47(48-45)49-46(50-52)37-17-6-7-20-38(37)51-40-22-10-19-35-33-15-4-3-14-32(33)34-18-9-13-29-25-26-41(51)44(42(29)34)43(35)40/h1-27H. The van der Waals surface area contributed by atoms with Crippen molar-refractivity contribution in [3.63, 3.8) is 0 Å². The minimum atomic E-state index is 0.567. The average molecular weight is 662 g/mol. The fourth-order valence-corrected chi connectivity index (χ4v) is 8.67. The summed E-state index contributed by atoms with van der Waals surface area (Å²) >= 11 is 0. The van der Waals surface area contributed by atoms with Crippen molar-refractivity contribution in [3.8, 4) is 50.6 Å². The molecule has 240 valence electrons. The highest BCUT2D eigenvalue weighted by atomic mass is 15.3. The van der Waals surface area contributed by atoms with Crippen LogP contribution in [0.25, 0.3) is 111 Å². The molecule has 3 heterocycles. The highest BCUT2D eigenvalue weighted by Gasteiger charge is 2.26. The van der Waals surface area contributed by atoms with E-state index in [0.717, 1.165) is 44.4 Å². The molecule has 11 aromatic rings. The van der Waals surface area contributed by atoms with E-state index in [1.165, 1.54) is 54.6 Å². The molecular weight excluding hydrogens is 635 g/mol. The summed E-state index contributed by atoms with van der Waals surface area (Å²) in [6.07, 6.45) is 0. The molecule has 0 spiro atoms. The highest BCUT2D eigenvalue weighted by Crippen LogP contribution is 2.50. The first-order valence-electron chi connectivity index (χ1n) is 17.6. The van der Waals surface area contributed by atoms with Gasteiger partial charge in [-0.3, -0.25) is 0 Å². The summed E-state index contributed by atoms with van der Waals surface area (Å²) in [4.78, 5) is 10.3. The maximum absolute atomic E-state index is 5.19. The van der Waals surface area contributed by atoms with Crippen molar-refractivity contribution in [2.45, 2.75) is 0 Å². The quantitative estimate of drug-likeness (QED) is 0.189. The van der Waals surface area contributed by atoms with Gasteiger partial charge in [-0.1, -0.05) is 127 Å². The van der Waals surface area contributed by atoms with E-state index in [1.807, 2.05) is 4.52 Å². The Bertz CT molecular complexity index is 3310. The first-order valence-corrected chi connectivity index (χ1v) is 17.6. The Labute approximate surface area is 297 Å². The number of rotatable bonds is 3. The Morgan fingerprint density at radius 1 is 0.404 bits per heavy atom. The minimum absolute atomic E-state index is 0.567. The van der Waals surface area contributed by atoms with E-state index in [1.54, 1.807) is 0 Å². The Balaban J connectivity index is 1.13. The molecule has 5 nitrogen and oxygen atoms in total. The van der Waals surface area contributed by atoms with Gasteiger partial charge in [0, 0.05) is 27.3 Å². The van der Waals surface area contributed by atoms with Crippen LogP contribution in [0.2, 0.25) is 0 Å². The predicted octanol–water partition coefficient (Wildman–Crippen LogP) is 11.7. The molecule has 8 aromatic carbocycles. The molecule has 12 rings (SSSR count). The Morgan fingerprint density at radius 3 is 1.92 bits per heavy atom. The van der Waals surface area contributed by atoms with Crippen LogP contribution in [0.4, 0.5) is 0 Å². The topological polar surface area (TPSA) is 48.0 Å². The van der Waals surface area contributed by atoms with Crippen LogP contribution >= 0.6 is 0 Å². The summed E-state index contributed by atoms with van der Waals surface area (Å²) in [6, 6.07) is 58.6. The summed E-state index contributed by atoms with van der Waals surface area (Å²) in [5.74, 6) is 1.20. The molecule has 1 aliphatic rings. The van der Waals surface area contributed by atoms with Gasteiger partial charge in [0.25, 0.3) is 5.78 Å². The van der Waals surface area contributed by atoms with Crippen molar-refractivity contribution in [1.82, 2.24) is 24.1 Å². The van der Waals surface area contributed by atoms with Crippen molar-refractivity contribution in [1.29, 1.82) is 0 Å². The van der Waals surface area contributed by atoms with Gasteiger partial charge in [0.1, 0.15) is 0 Å². The van der Waals surface area contributed by atoms with Gasteiger partial charge in [0.2, 0.25) is 0 Å². The lowest BCUT2D eigenvalue weighted by molar-refractivity contribution is 0.987. The predicted molar refractivity (Wildman–Crippen MR) is 213 cm³/mol. The molecule has 0 atom stereocenters. The molecule has 3 aromatic heterocycles. The second kappa shape index (κ2) is 10.2. The molecule has 5 heteroatoms. The van der Waals surface area contributed by atoms with E-state index in [2.05, 4.69) is 168 Å². The van der Waals surface area contributed by atoms with Crippen LogP contribution in [-0.2, 0) is 0 Å². The zero-order valence-corrected chi connectivity index (χ0v) is 27.8. The Hall–Kier alpha value is -7.11. The van der Waals surface area contributed by atoms with E-state index in [0.29, 0.717) is 11.6 Å². The smallest absolute Gasteiger partial charge is 0.253 e. The van der Waals surface area contributed by atoms with Gasteiger partial charge in [0.15, 0.2) is 5.82 Å². The van der Waals surface area contributed by atoms with Gasteiger partial charge in [-0.25, -0.2) is 4.98 Å². The molecule has 1 aliphatic carbocycles. The molecule has 0 bridgehead atoms. The maximum atomic E-state index is 5.19. The number of hydrogen-bond acceptors (Lipinski definition) is 3. The summed E-state index contributed by atoms with van der Waals surface area (Å²) in [5, 5.41) is 13.7. The van der Waals surface area contributed by atoms with Gasteiger partial charge < -0.3 is 4.57 Å². The molecule has 0 N–H and O–H groups in total. The molecule has 0 amide bonds. The van der Waals surface area contributed by atoms with Crippen molar-refractivity contribution < 1.29 is 0 Å². The van der Waals surface area contributed by atoms with Crippen molar-refractivity contribution in [3.05, 3.63) is 164 Å². The average Bonchev–Trinajstić information content (AvgIpc) is 3.76. The van der Waals surface area contributed by atoms with Gasteiger partial charge >= 0.3 is 0 Å². The third-order valence-corrected chi connectivity index (χ3v) is 10.9. The minimum Gasteiger partial charge on any atom is -0.308 e. The van der Waals surface area contributed by atoms with Crippen molar-refractivity contribution in [2.24, 2.45) is 0 Å². The van der Waals surface area contributed by atoms with Crippen LogP contribution in [0.15, 0.2) is 164 Å². The Kier molecular flexibility index (Phi) is 5.44. The number of aromatic nitrogens is 5. The Morgan fingerprint density at radius 2 is 1.04 bits per heavy atom. The van der Waals surface area contributed by atoms with Crippen molar-refractivity contribution >= 4 is 60.0 Å². The van der Waals surface area contributed by atoms with Crippen LogP contribution in [0.5, 0.6) is 0 Å². The lowest BCUT2D eigenvalue weighted by atomic mass is 9.93. The van der Waals surface area contributed by atoms with Gasteiger partial charge in [-0.2, -0.15) is 9.50 Å². The third kappa shape index (κ3) is 3.69. The summed E-state index contributed by atoms with van der Waals surface area (Å²) < 4.78 is 4.30. The third-order valence-electron chi connectivity index (χ3n) is 10.9. The van der Waals surface area contributed by atoms with Gasteiger partial charge in [0.05, 0.1) is 27.9 Å². The first-order chi connectivity index (χ1) is 25.8. The number of nitrogens with zero attached hydrogens (tertiary/aromatic N) is 5. The molecular formula is C47H27N5. The number of hydrogen-bond donors (Lipinski definition) is 0. The van der Waals surface area contributed by atoms with E-state index in [9.17, 15) is 0 Å². The van der Waals surface area contributed by atoms with E-state index < -0.39 is 0 Å². The molecule has 0 saturated carbocycles.